The van der Waals surface area contributed by atoms with Crippen LogP contribution < -0.4 is 9.80 Å². The van der Waals surface area contributed by atoms with Gasteiger partial charge in [-0.05, 0) is 48.9 Å². The number of ether oxygens (including phenoxy) is 1. The highest BCUT2D eigenvalue weighted by atomic mass is 35.5. The minimum atomic E-state index is -0.946. The number of anilines is 2. The molecule has 2 aliphatic heterocycles. The SMILES string of the molecule is CN(Cc1ccc(Cl)cc1F)c1cccc(N2CCN(Cc3nc4ccc(C(=O)O)cc4n3C[C@@H]3CCO3)CC2)n1. The quantitative estimate of drug-likeness (QED) is 0.307. The van der Waals surface area contributed by atoms with Gasteiger partial charge in [0.05, 0.1) is 35.8 Å². The molecular weight excluding hydrogens is 547 g/mol. The van der Waals surface area contributed by atoms with E-state index in [4.69, 9.17) is 26.3 Å². The molecule has 4 heterocycles. The van der Waals surface area contributed by atoms with Gasteiger partial charge in [0.1, 0.15) is 23.3 Å². The van der Waals surface area contributed by atoms with Crippen LogP contribution in [0, 0.1) is 5.82 Å². The third-order valence-corrected chi connectivity index (χ3v) is 8.08. The smallest absolute Gasteiger partial charge is 0.335 e. The summed E-state index contributed by atoms with van der Waals surface area (Å²) in [7, 11) is 1.90. The number of carbonyl (C=O) groups is 1. The van der Waals surface area contributed by atoms with Gasteiger partial charge in [0.15, 0.2) is 0 Å². The van der Waals surface area contributed by atoms with Crippen molar-refractivity contribution in [2.75, 3.05) is 49.6 Å². The summed E-state index contributed by atoms with van der Waals surface area (Å²) in [5.74, 6) is 1.31. The Morgan fingerprint density at radius 1 is 1.12 bits per heavy atom. The van der Waals surface area contributed by atoms with E-state index in [1.54, 1.807) is 30.3 Å². The molecule has 11 heteroatoms. The number of aromatic carboxylic acids is 1. The molecule has 0 spiro atoms. The maximum atomic E-state index is 14.3. The van der Waals surface area contributed by atoms with Crippen molar-refractivity contribution in [3.63, 3.8) is 0 Å². The number of aromatic nitrogens is 3. The molecule has 2 aromatic carbocycles. The molecule has 2 aliphatic rings. The minimum absolute atomic E-state index is 0.129. The monoisotopic (exact) mass is 578 g/mol. The molecule has 2 saturated heterocycles. The maximum absolute atomic E-state index is 14.3. The van der Waals surface area contributed by atoms with Crippen LogP contribution in [0.1, 0.15) is 28.2 Å². The van der Waals surface area contributed by atoms with Crippen molar-refractivity contribution in [3.8, 4) is 0 Å². The number of hydrogen-bond acceptors (Lipinski definition) is 7. The number of halogens is 2. The van der Waals surface area contributed by atoms with Gasteiger partial charge in [0, 0.05) is 57.0 Å². The number of nitrogens with zero attached hydrogens (tertiary/aromatic N) is 6. The van der Waals surface area contributed by atoms with Gasteiger partial charge < -0.3 is 24.2 Å². The van der Waals surface area contributed by atoms with Crippen LogP contribution in [0.2, 0.25) is 5.02 Å². The van der Waals surface area contributed by atoms with Crippen molar-refractivity contribution >= 4 is 40.2 Å². The van der Waals surface area contributed by atoms with E-state index in [0.717, 1.165) is 67.7 Å². The summed E-state index contributed by atoms with van der Waals surface area (Å²) >= 11 is 5.90. The highest BCUT2D eigenvalue weighted by Gasteiger charge is 2.25. The first-order chi connectivity index (χ1) is 19.8. The fourth-order valence-electron chi connectivity index (χ4n) is 5.38. The molecule has 0 saturated carbocycles. The predicted molar refractivity (Wildman–Crippen MR) is 156 cm³/mol. The molecule has 0 amide bonds. The number of imidazole rings is 1. The van der Waals surface area contributed by atoms with Crippen molar-refractivity contribution in [2.45, 2.75) is 32.2 Å². The first kappa shape index (κ1) is 27.4. The Kier molecular flexibility index (Phi) is 7.79. The molecule has 0 aliphatic carbocycles. The predicted octanol–water partition coefficient (Wildman–Crippen LogP) is 4.67. The van der Waals surface area contributed by atoms with E-state index in [9.17, 15) is 14.3 Å². The molecule has 9 nitrogen and oxygen atoms in total. The van der Waals surface area contributed by atoms with E-state index >= 15 is 0 Å². The standard InChI is InChI=1S/C30H32ClFN6O3/c1-35(17-21-5-7-22(31)16-24(21)32)27-3-2-4-28(34-27)37-12-10-36(11-13-37)19-29-33-25-8-6-20(30(39)40)15-26(25)38(29)18-23-9-14-41-23/h2-8,15-16,23H,9-14,17-19H2,1H3,(H,39,40)/t23-/m0/s1. The maximum Gasteiger partial charge on any atom is 0.335 e. The lowest BCUT2D eigenvalue weighted by Gasteiger charge is -2.36. The Hall–Kier alpha value is -3.73. The third-order valence-electron chi connectivity index (χ3n) is 7.85. The van der Waals surface area contributed by atoms with Crippen LogP contribution in [0.3, 0.4) is 0 Å². The van der Waals surface area contributed by atoms with Crippen LogP contribution >= 0.6 is 11.6 Å². The van der Waals surface area contributed by atoms with Crippen molar-refractivity contribution < 1.29 is 19.0 Å². The average molecular weight is 579 g/mol. The molecule has 0 unspecified atom stereocenters. The molecule has 41 heavy (non-hydrogen) atoms. The number of piperazine rings is 1. The van der Waals surface area contributed by atoms with Gasteiger partial charge in [-0.3, -0.25) is 4.90 Å². The second kappa shape index (κ2) is 11.6. The van der Waals surface area contributed by atoms with Gasteiger partial charge in [0.2, 0.25) is 0 Å². The lowest BCUT2D eigenvalue weighted by Crippen LogP contribution is -2.46. The molecular formula is C30H32ClFN6O3. The fourth-order valence-corrected chi connectivity index (χ4v) is 5.54. The highest BCUT2D eigenvalue weighted by Crippen LogP contribution is 2.25. The van der Waals surface area contributed by atoms with E-state index in [1.165, 1.54) is 6.07 Å². The number of benzene rings is 2. The highest BCUT2D eigenvalue weighted by molar-refractivity contribution is 6.30. The van der Waals surface area contributed by atoms with Crippen LogP contribution in [0.25, 0.3) is 11.0 Å². The molecule has 2 aromatic heterocycles. The Bertz CT molecular complexity index is 1570. The van der Waals surface area contributed by atoms with Crippen LogP contribution in [0.4, 0.5) is 16.0 Å². The Balaban J connectivity index is 1.12. The first-order valence-corrected chi connectivity index (χ1v) is 14.2. The molecule has 4 aromatic rings. The fraction of sp³-hybridized carbons (Fsp3) is 0.367. The molecule has 6 rings (SSSR count). The summed E-state index contributed by atoms with van der Waals surface area (Å²) < 4.78 is 22.1. The first-order valence-electron chi connectivity index (χ1n) is 13.8. The van der Waals surface area contributed by atoms with Crippen molar-refractivity contribution in [3.05, 3.63) is 82.4 Å². The summed E-state index contributed by atoms with van der Waals surface area (Å²) in [6, 6.07) is 15.8. The van der Waals surface area contributed by atoms with Gasteiger partial charge in [0.25, 0.3) is 0 Å². The zero-order valence-electron chi connectivity index (χ0n) is 22.8. The van der Waals surface area contributed by atoms with E-state index < -0.39 is 5.97 Å². The summed E-state index contributed by atoms with van der Waals surface area (Å²) in [4.78, 5) is 27.9. The van der Waals surface area contributed by atoms with Crippen molar-refractivity contribution in [1.29, 1.82) is 0 Å². The van der Waals surface area contributed by atoms with Crippen molar-refractivity contribution in [2.24, 2.45) is 0 Å². The molecule has 1 N–H and O–H groups in total. The topological polar surface area (TPSA) is 87.0 Å². The molecule has 0 radical (unpaired) electrons. The Morgan fingerprint density at radius 3 is 2.63 bits per heavy atom. The Labute approximate surface area is 242 Å². The van der Waals surface area contributed by atoms with Gasteiger partial charge >= 0.3 is 5.97 Å². The van der Waals surface area contributed by atoms with Gasteiger partial charge in [-0.15, -0.1) is 0 Å². The Morgan fingerprint density at radius 2 is 1.93 bits per heavy atom. The summed E-state index contributed by atoms with van der Waals surface area (Å²) in [5.41, 5.74) is 2.45. The van der Waals surface area contributed by atoms with Gasteiger partial charge in [-0.25, -0.2) is 19.2 Å². The molecule has 214 valence electrons. The lowest BCUT2D eigenvalue weighted by molar-refractivity contribution is -0.0592. The number of rotatable bonds is 9. The largest absolute Gasteiger partial charge is 0.478 e. The van der Waals surface area contributed by atoms with Crippen LogP contribution in [-0.4, -0.2) is 76.4 Å². The number of fused-ring (bicyclic) bond motifs is 1. The zero-order chi connectivity index (χ0) is 28.5. The molecule has 0 bridgehead atoms. The second-order valence-corrected chi connectivity index (χ2v) is 11.1. The molecule has 1 atom stereocenters. The van der Waals surface area contributed by atoms with Crippen molar-refractivity contribution in [1.82, 2.24) is 19.4 Å². The summed E-state index contributed by atoms with van der Waals surface area (Å²) in [6.07, 6.45) is 1.12. The van der Waals surface area contributed by atoms with E-state index in [2.05, 4.69) is 14.4 Å². The number of hydrogen-bond donors (Lipinski definition) is 1. The van der Waals surface area contributed by atoms with E-state index in [1.807, 2.05) is 30.1 Å². The second-order valence-electron chi connectivity index (χ2n) is 10.6. The lowest BCUT2D eigenvalue weighted by atomic mass is 10.1. The molecule has 2 fully saturated rings. The normalized spacial score (nSPS) is 17.5. The van der Waals surface area contributed by atoms with Gasteiger partial charge in [-0.1, -0.05) is 23.7 Å². The average Bonchev–Trinajstić information content (AvgIpc) is 3.28. The van der Waals surface area contributed by atoms with E-state index in [-0.39, 0.29) is 17.5 Å². The van der Waals surface area contributed by atoms with Crippen LogP contribution in [0.15, 0.2) is 54.6 Å². The summed E-state index contributed by atoms with van der Waals surface area (Å²) in [5, 5.41) is 9.88. The number of carboxylic acids is 1. The van der Waals surface area contributed by atoms with E-state index in [0.29, 0.717) is 30.2 Å². The number of pyridine rings is 1. The van der Waals surface area contributed by atoms with Crippen LogP contribution in [0.5, 0.6) is 0 Å². The summed E-state index contributed by atoms with van der Waals surface area (Å²) in [6.45, 7) is 5.76. The van der Waals surface area contributed by atoms with Crippen LogP contribution in [-0.2, 0) is 24.4 Å². The van der Waals surface area contributed by atoms with Gasteiger partial charge in [-0.2, -0.15) is 0 Å². The minimum Gasteiger partial charge on any atom is -0.478 e. The third kappa shape index (κ3) is 6.00. The zero-order valence-corrected chi connectivity index (χ0v) is 23.6. The number of carboxylic acid groups (broad SMARTS) is 1.